The van der Waals surface area contributed by atoms with Crippen molar-refractivity contribution in [3.05, 3.63) is 31.1 Å². The molecule has 2 heterocycles. The van der Waals surface area contributed by atoms with Gasteiger partial charge < -0.3 is 4.42 Å². The van der Waals surface area contributed by atoms with Crippen LogP contribution in [0.15, 0.2) is 35.5 Å². The second kappa shape index (κ2) is 1.98. The third-order valence-electron chi connectivity index (χ3n) is 1.18. The molecule has 0 aliphatic carbocycles. The van der Waals surface area contributed by atoms with Crippen LogP contribution in [0.25, 0.3) is 5.88 Å². The predicted molar refractivity (Wildman–Crippen MR) is 33.6 cm³/mol. The van der Waals surface area contributed by atoms with E-state index in [2.05, 4.69) is 10.2 Å². The van der Waals surface area contributed by atoms with E-state index in [0.717, 1.165) is 5.88 Å². The number of aromatic nitrogens is 3. The van der Waals surface area contributed by atoms with Crippen LogP contribution >= 0.6 is 0 Å². The van der Waals surface area contributed by atoms with E-state index >= 15 is 0 Å². The normalized spacial score (nSPS) is 10.0. The fourth-order valence-corrected chi connectivity index (χ4v) is 0.731. The van der Waals surface area contributed by atoms with Crippen LogP contribution in [0.5, 0.6) is 0 Å². The monoisotopic (exact) mass is 135 g/mol. The summed E-state index contributed by atoms with van der Waals surface area (Å²) in [6.07, 6.45) is 4.77. The maximum absolute atomic E-state index is 5.06. The molecule has 10 heavy (non-hydrogen) atoms. The molecule has 0 aliphatic rings. The number of rotatable bonds is 1. The zero-order valence-electron chi connectivity index (χ0n) is 5.14. The van der Waals surface area contributed by atoms with Gasteiger partial charge in [0.15, 0.2) is 0 Å². The van der Waals surface area contributed by atoms with Crippen molar-refractivity contribution in [2.75, 3.05) is 0 Å². The van der Waals surface area contributed by atoms with Crippen molar-refractivity contribution in [1.82, 2.24) is 14.8 Å². The van der Waals surface area contributed by atoms with E-state index in [4.69, 9.17) is 4.42 Å². The summed E-state index contributed by atoms with van der Waals surface area (Å²) in [5.41, 5.74) is 0. The Morgan fingerprint density at radius 3 is 2.70 bits per heavy atom. The molecule has 2 aromatic rings. The van der Waals surface area contributed by atoms with E-state index in [9.17, 15) is 0 Å². The Balaban J connectivity index is 2.48. The summed E-state index contributed by atoms with van der Waals surface area (Å²) in [6.45, 7) is 0. The van der Waals surface area contributed by atoms with E-state index < -0.39 is 0 Å². The zero-order chi connectivity index (χ0) is 6.81. The molecule has 0 atom stereocenters. The first kappa shape index (κ1) is 5.22. The first-order chi connectivity index (χ1) is 4.97. The summed E-state index contributed by atoms with van der Waals surface area (Å²) in [4.78, 5) is 0. The van der Waals surface area contributed by atoms with E-state index in [1.807, 2.05) is 12.1 Å². The molecule has 2 rings (SSSR count). The smallest absolute Gasteiger partial charge is 0.205 e. The standard InChI is InChI=1S/C6H5N3O/c1-2-6(10-3-1)9-4-7-8-5-9/h1-5H. The molecule has 0 aromatic carbocycles. The molecular weight excluding hydrogens is 130 g/mol. The fourth-order valence-electron chi connectivity index (χ4n) is 0.731. The molecule has 0 saturated heterocycles. The van der Waals surface area contributed by atoms with Crippen molar-refractivity contribution in [1.29, 1.82) is 0 Å². The van der Waals surface area contributed by atoms with Crippen LogP contribution in [0.1, 0.15) is 0 Å². The van der Waals surface area contributed by atoms with Crippen LogP contribution in [0.2, 0.25) is 0 Å². The quantitative estimate of drug-likeness (QED) is 0.582. The molecule has 0 saturated carbocycles. The lowest BCUT2D eigenvalue weighted by molar-refractivity contribution is 0.538. The van der Waals surface area contributed by atoms with E-state index in [1.165, 1.54) is 0 Å². The largest absolute Gasteiger partial charge is 0.448 e. The molecular formula is C6H5N3O. The summed E-state index contributed by atoms with van der Waals surface area (Å²) in [7, 11) is 0. The number of furan rings is 1. The predicted octanol–water partition coefficient (Wildman–Crippen LogP) is 0.860. The maximum Gasteiger partial charge on any atom is 0.205 e. The maximum atomic E-state index is 5.06. The van der Waals surface area contributed by atoms with Crippen molar-refractivity contribution in [3.8, 4) is 5.88 Å². The van der Waals surface area contributed by atoms with Crippen molar-refractivity contribution in [3.63, 3.8) is 0 Å². The van der Waals surface area contributed by atoms with Crippen LogP contribution in [-0.2, 0) is 0 Å². The van der Waals surface area contributed by atoms with Gasteiger partial charge in [-0.05, 0) is 6.07 Å². The summed E-state index contributed by atoms with van der Waals surface area (Å²) in [5, 5.41) is 7.26. The third-order valence-corrected chi connectivity index (χ3v) is 1.18. The van der Waals surface area contributed by atoms with Gasteiger partial charge >= 0.3 is 0 Å². The van der Waals surface area contributed by atoms with Gasteiger partial charge in [0.2, 0.25) is 5.88 Å². The molecule has 0 N–H and O–H groups in total. The number of hydrogen-bond acceptors (Lipinski definition) is 3. The lowest BCUT2D eigenvalue weighted by atomic mass is 10.6. The summed E-state index contributed by atoms with van der Waals surface area (Å²) >= 11 is 0. The van der Waals surface area contributed by atoms with E-state index in [-0.39, 0.29) is 0 Å². The minimum absolute atomic E-state index is 0.727. The van der Waals surface area contributed by atoms with Gasteiger partial charge in [-0.15, -0.1) is 10.2 Å². The second-order valence-corrected chi connectivity index (χ2v) is 1.82. The van der Waals surface area contributed by atoms with Gasteiger partial charge in [0.1, 0.15) is 12.7 Å². The van der Waals surface area contributed by atoms with Gasteiger partial charge in [-0.1, -0.05) is 0 Å². The van der Waals surface area contributed by atoms with Crippen LogP contribution in [0.3, 0.4) is 0 Å². The fraction of sp³-hybridized carbons (Fsp3) is 0. The van der Waals surface area contributed by atoms with Crippen LogP contribution < -0.4 is 0 Å². The highest BCUT2D eigenvalue weighted by Gasteiger charge is 1.95. The molecule has 4 nitrogen and oxygen atoms in total. The molecule has 0 fully saturated rings. The molecule has 0 aliphatic heterocycles. The molecule has 0 radical (unpaired) electrons. The lowest BCUT2D eigenvalue weighted by Crippen LogP contribution is -1.84. The molecule has 50 valence electrons. The molecule has 2 aromatic heterocycles. The molecule has 0 spiro atoms. The van der Waals surface area contributed by atoms with Crippen molar-refractivity contribution < 1.29 is 4.42 Å². The minimum atomic E-state index is 0.727. The highest BCUT2D eigenvalue weighted by molar-refractivity contribution is 5.15. The van der Waals surface area contributed by atoms with Crippen LogP contribution in [0.4, 0.5) is 0 Å². The van der Waals surface area contributed by atoms with Gasteiger partial charge in [0, 0.05) is 6.07 Å². The first-order valence-electron chi connectivity index (χ1n) is 2.85. The average molecular weight is 135 g/mol. The summed E-state index contributed by atoms with van der Waals surface area (Å²) in [5.74, 6) is 0.727. The number of hydrogen-bond donors (Lipinski definition) is 0. The average Bonchev–Trinajstić information content (AvgIpc) is 2.59. The highest BCUT2D eigenvalue weighted by Crippen LogP contribution is 2.04. The Labute approximate surface area is 57.1 Å². The van der Waals surface area contributed by atoms with Crippen LogP contribution in [-0.4, -0.2) is 14.8 Å². The lowest BCUT2D eigenvalue weighted by Gasteiger charge is -1.89. The SMILES string of the molecule is c1coc(-n2cnnc2)c1. The Kier molecular flexibility index (Phi) is 1.04. The van der Waals surface area contributed by atoms with Gasteiger partial charge in [-0.25, -0.2) is 0 Å². The summed E-state index contributed by atoms with van der Waals surface area (Å²) in [6, 6.07) is 3.65. The Morgan fingerprint density at radius 2 is 2.10 bits per heavy atom. The van der Waals surface area contributed by atoms with Crippen molar-refractivity contribution >= 4 is 0 Å². The molecule has 0 bridgehead atoms. The van der Waals surface area contributed by atoms with E-state index in [0.29, 0.717) is 0 Å². The molecule has 0 unspecified atom stereocenters. The molecule has 0 amide bonds. The highest BCUT2D eigenvalue weighted by atomic mass is 16.3. The van der Waals surface area contributed by atoms with Crippen LogP contribution in [0, 0.1) is 0 Å². The Hall–Kier alpha value is -1.58. The van der Waals surface area contributed by atoms with Gasteiger partial charge in [-0.2, -0.15) is 0 Å². The number of nitrogens with zero attached hydrogens (tertiary/aromatic N) is 3. The van der Waals surface area contributed by atoms with Gasteiger partial charge in [0.25, 0.3) is 0 Å². The Bertz CT molecular complexity index is 252. The van der Waals surface area contributed by atoms with Gasteiger partial charge in [0.05, 0.1) is 6.26 Å². The van der Waals surface area contributed by atoms with Gasteiger partial charge in [-0.3, -0.25) is 4.57 Å². The van der Waals surface area contributed by atoms with Crippen molar-refractivity contribution in [2.24, 2.45) is 0 Å². The Morgan fingerprint density at radius 1 is 1.30 bits per heavy atom. The third kappa shape index (κ3) is 0.699. The first-order valence-corrected chi connectivity index (χ1v) is 2.85. The second-order valence-electron chi connectivity index (χ2n) is 1.82. The van der Waals surface area contributed by atoms with E-state index in [1.54, 1.807) is 23.5 Å². The summed E-state index contributed by atoms with van der Waals surface area (Å²) < 4.78 is 6.76. The van der Waals surface area contributed by atoms with Crippen molar-refractivity contribution in [2.45, 2.75) is 0 Å². The molecule has 4 heteroatoms. The minimum Gasteiger partial charge on any atom is -0.448 e. The zero-order valence-corrected chi connectivity index (χ0v) is 5.14. The topological polar surface area (TPSA) is 43.9 Å².